The SMILES string of the molecule is c1ccc(-c2nc(-c3ccccc3)nc(-c3ccc(-n4ccc5cc6c7ccccc7n(-c7ccccc7)c6cc54)cc3)n2)cc1. The summed E-state index contributed by atoms with van der Waals surface area (Å²) in [6.45, 7) is 0. The topological polar surface area (TPSA) is 48.5 Å². The zero-order chi connectivity index (χ0) is 30.5. The average Bonchev–Trinajstić information content (AvgIpc) is 3.70. The maximum Gasteiger partial charge on any atom is 0.164 e. The Morgan fingerprint density at radius 2 is 0.913 bits per heavy atom. The number of para-hydroxylation sites is 2. The lowest BCUT2D eigenvalue weighted by Crippen LogP contribution is -2.00. The fourth-order valence-corrected chi connectivity index (χ4v) is 6.39. The van der Waals surface area contributed by atoms with Gasteiger partial charge in [-0.1, -0.05) is 97.1 Å². The van der Waals surface area contributed by atoms with Gasteiger partial charge < -0.3 is 9.13 Å². The first kappa shape index (κ1) is 26.1. The molecular formula is C41H27N5. The molecule has 6 aromatic carbocycles. The molecule has 0 bridgehead atoms. The predicted molar refractivity (Wildman–Crippen MR) is 187 cm³/mol. The molecule has 5 nitrogen and oxygen atoms in total. The second-order valence-electron chi connectivity index (χ2n) is 11.4. The van der Waals surface area contributed by atoms with Crippen LogP contribution in [0.4, 0.5) is 0 Å². The van der Waals surface area contributed by atoms with E-state index in [-0.39, 0.29) is 0 Å². The molecule has 0 saturated heterocycles. The third-order valence-electron chi connectivity index (χ3n) is 8.60. The molecule has 9 rings (SSSR count). The van der Waals surface area contributed by atoms with Gasteiger partial charge in [-0.15, -0.1) is 0 Å². The van der Waals surface area contributed by atoms with E-state index in [2.05, 4.69) is 112 Å². The summed E-state index contributed by atoms with van der Waals surface area (Å²) in [7, 11) is 0. The lowest BCUT2D eigenvalue weighted by molar-refractivity contribution is 1.07. The summed E-state index contributed by atoms with van der Waals surface area (Å²) in [6.07, 6.45) is 2.15. The number of benzene rings is 6. The molecule has 3 aromatic heterocycles. The second-order valence-corrected chi connectivity index (χ2v) is 11.4. The molecule has 5 heteroatoms. The minimum absolute atomic E-state index is 0.644. The summed E-state index contributed by atoms with van der Waals surface area (Å²) in [5, 5.41) is 3.70. The van der Waals surface area contributed by atoms with Crippen molar-refractivity contribution in [1.82, 2.24) is 24.1 Å². The molecule has 0 atom stereocenters. The maximum atomic E-state index is 4.90. The minimum atomic E-state index is 0.644. The smallest absolute Gasteiger partial charge is 0.164 e. The Hall–Kier alpha value is -6.33. The van der Waals surface area contributed by atoms with Gasteiger partial charge in [0.15, 0.2) is 17.5 Å². The molecule has 0 fully saturated rings. The van der Waals surface area contributed by atoms with Crippen LogP contribution in [0.5, 0.6) is 0 Å². The third kappa shape index (κ3) is 4.37. The van der Waals surface area contributed by atoms with Crippen molar-refractivity contribution < 1.29 is 0 Å². The van der Waals surface area contributed by atoms with Crippen molar-refractivity contribution in [3.8, 4) is 45.5 Å². The van der Waals surface area contributed by atoms with Gasteiger partial charge in [0, 0.05) is 50.4 Å². The van der Waals surface area contributed by atoms with Gasteiger partial charge >= 0.3 is 0 Å². The quantitative estimate of drug-likeness (QED) is 0.201. The van der Waals surface area contributed by atoms with Crippen LogP contribution < -0.4 is 0 Å². The molecule has 0 amide bonds. The molecule has 3 heterocycles. The van der Waals surface area contributed by atoms with Gasteiger partial charge in [-0.2, -0.15) is 0 Å². The van der Waals surface area contributed by atoms with Gasteiger partial charge in [0.2, 0.25) is 0 Å². The molecule has 0 unspecified atom stereocenters. The van der Waals surface area contributed by atoms with Crippen LogP contribution >= 0.6 is 0 Å². The molecule has 0 saturated carbocycles. The van der Waals surface area contributed by atoms with Crippen molar-refractivity contribution >= 4 is 32.7 Å². The minimum Gasteiger partial charge on any atom is -0.316 e. The van der Waals surface area contributed by atoms with E-state index in [4.69, 9.17) is 15.0 Å². The van der Waals surface area contributed by atoms with Gasteiger partial charge in [-0.25, -0.2) is 15.0 Å². The highest BCUT2D eigenvalue weighted by Gasteiger charge is 2.16. The Bertz CT molecular complexity index is 2440. The first-order valence-corrected chi connectivity index (χ1v) is 15.4. The summed E-state index contributed by atoms with van der Waals surface area (Å²) in [5.74, 6) is 1.95. The fourth-order valence-electron chi connectivity index (χ4n) is 6.39. The van der Waals surface area contributed by atoms with Gasteiger partial charge in [0.1, 0.15) is 0 Å². The van der Waals surface area contributed by atoms with Crippen molar-refractivity contribution in [2.45, 2.75) is 0 Å². The van der Waals surface area contributed by atoms with Crippen LogP contribution in [0.25, 0.3) is 78.2 Å². The zero-order valence-electron chi connectivity index (χ0n) is 24.8. The molecule has 0 aliphatic rings. The predicted octanol–water partition coefficient (Wildman–Crippen LogP) is 9.91. The van der Waals surface area contributed by atoms with Crippen LogP contribution in [-0.2, 0) is 0 Å². The lowest BCUT2D eigenvalue weighted by atomic mass is 10.1. The summed E-state index contributed by atoms with van der Waals surface area (Å²) in [5.41, 5.74) is 8.61. The number of aromatic nitrogens is 5. The van der Waals surface area contributed by atoms with Gasteiger partial charge in [-0.05, 0) is 60.7 Å². The van der Waals surface area contributed by atoms with Crippen LogP contribution in [0.2, 0.25) is 0 Å². The van der Waals surface area contributed by atoms with Crippen molar-refractivity contribution in [3.05, 3.63) is 164 Å². The van der Waals surface area contributed by atoms with E-state index >= 15 is 0 Å². The van der Waals surface area contributed by atoms with Crippen LogP contribution in [0, 0.1) is 0 Å². The van der Waals surface area contributed by atoms with Crippen LogP contribution in [-0.4, -0.2) is 24.1 Å². The van der Waals surface area contributed by atoms with E-state index in [1.54, 1.807) is 0 Å². The molecular weight excluding hydrogens is 562 g/mol. The first-order chi connectivity index (χ1) is 22.8. The largest absolute Gasteiger partial charge is 0.316 e. The molecule has 0 aliphatic heterocycles. The Labute approximate surface area is 265 Å². The molecule has 0 aliphatic carbocycles. The van der Waals surface area contributed by atoms with E-state index in [9.17, 15) is 0 Å². The Morgan fingerprint density at radius 3 is 1.54 bits per heavy atom. The number of fused-ring (bicyclic) bond motifs is 4. The van der Waals surface area contributed by atoms with E-state index in [0.29, 0.717) is 17.5 Å². The highest BCUT2D eigenvalue weighted by atomic mass is 15.0. The molecule has 9 aromatic rings. The highest BCUT2D eigenvalue weighted by molar-refractivity contribution is 6.13. The molecule has 0 spiro atoms. The van der Waals surface area contributed by atoms with Crippen LogP contribution in [0.15, 0.2) is 164 Å². The number of nitrogens with zero attached hydrogens (tertiary/aromatic N) is 5. The molecule has 0 radical (unpaired) electrons. The normalized spacial score (nSPS) is 11.5. The van der Waals surface area contributed by atoms with Crippen molar-refractivity contribution in [2.24, 2.45) is 0 Å². The standard InChI is InChI=1S/C41H27N5/c1-4-12-28(13-5-1)39-42-40(29-14-6-2-7-15-29)44-41(43-39)30-20-22-32(23-21-30)45-25-24-31-26-35-34-18-10-11-19-36(34)46(38(35)27-37(31)45)33-16-8-3-9-17-33/h1-27H. The second kappa shape index (κ2) is 10.7. The molecule has 46 heavy (non-hydrogen) atoms. The average molecular weight is 590 g/mol. The van der Waals surface area contributed by atoms with Gasteiger partial charge in [0.05, 0.1) is 16.6 Å². The maximum absolute atomic E-state index is 4.90. The van der Waals surface area contributed by atoms with Crippen molar-refractivity contribution in [2.75, 3.05) is 0 Å². The Morgan fingerprint density at radius 1 is 0.370 bits per heavy atom. The summed E-state index contributed by atoms with van der Waals surface area (Å²) in [4.78, 5) is 14.6. The van der Waals surface area contributed by atoms with E-state index in [1.165, 1.54) is 27.2 Å². The molecule has 0 N–H and O–H groups in total. The summed E-state index contributed by atoms with van der Waals surface area (Å²) in [6, 6.07) is 54.7. The van der Waals surface area contributed by atoms with Crippen LogP contribution in [0.1, 0.15) is 0 Å². The number of hydrogen-bond donors (Lipinski definition) is 0. The van der Waals surface area contributed by atoms with Crippen molar-refractivity contribution in [1.29, 1.82) is 0 Å². The molecule has 216 valence electrons. The first-order valence-electron chi connectivity index (χ1n) is 15.4. The Kier molecular flexibility index (Phi) is 6.06. The lowest BCUT2D eigenvalue weighted by Gasteiger charge is -2.11. The van der Waals surface area contributed by atoms with E-state index in [0.717, 1.165) is 33.6 Å². The third-order valence-corrected chi connectivity index (χ3v) is 8.60. The monoisotopic (exact) mass is 589 g/mol. The Balaban J connectivity index is 1.16. The van der Waals surface area contributed by atoms with Crippen LogP contribution in [0.3, 0.4) is 0 Å². The highest BCUT2D eigenvalue weighted by Crippen LogP contribution is 2.36. The number of hydrogen-bond acceptors (Lipinski definition) is 3. The van der Waals surface area contributed by atoms with Crippen molar-refractivity contribution in [3.63, 3.8) is 0 Å². The van der Waals surface area contributed by atoms with Gasteiger partial charge in [0.25, 0.3) is 0 Å². The summed E-state index contributed by atoms with van der Waals surface area (Å²) < 4.78 is 4.61. The van der Waals surface area contributed by atoms with E-state index < -0.39 is 0 Å². The van der Waals surface area contributed by atoms with Gasteiger partial charge in [-0.3, -0.25) is 0 Å². The number of rotatable bonds is 5. The fraction of sp³-hybridized carbons (Fsp3) is 0. The summed E-state index contributed by atoms with van der Waals surface area (Å²) >= 11 is 0. The zero-order valence-corrected chi connectivity index (χ0v) is 24.8. The van der Waals surface area contributed by atoms with E-state index in [1.807, 2.05) is 60.7 Å².